The topological polar surface area (TPSA) is 67.8 Å². The van der Waals surface area contributed by atoms with Gasteiger partial charge < -0.3 is 19.3 Å². The smallest absolute Gasteiger partial charge is 0.309 e. The van der Waals surface area contributed by atoms with Gasteiger partial charge >= 0.3 is 5.97 Å². The molecule has 0 radical (unpaired) electrons. The van der Waals surface area contributed by atoms with E-state index < -0.39 is 0 Å². The Balaban J connectivity index is 1.57. The Bertz CT molecular complexity index is 799. The first kappa shape index (κ1) is 18.0. The van der Waals surface area contributed by atoms with Crippen LogP contribution in [0.2, 0.25) is 0 Å². The van der Waals surface area contributed by atoms with Gasteiger partial charge in [0.1, 0.15) is 0 Å². The standard InChI is InChI=1S/C20H26N4O3/c1-2-27-20(25)15-7-9-23(10-8-15)18-16-5-3-4-6-17(16)19(22-21-18)24-11-13-26-14-12-24/h3-6,15H,2,7-14H2,1H3. The zero-order chi connectivity index (χ0) is 18.6. The maximum Gasteiger partial charge on any atom is 0.309 e. The predicted molar refractivity (Wildman–Crippen MR) is 104 cm³/mol. The van der Waals surface area contributed by atoms with Gasteiger partial charge in [-0.2, -0.15) is 0 Å². The van der Waals surface area contributed by atoms with Crippen LogP contribution in [-0.2, 0) is 14.3 Å². The number of fused-ring (bicyclic) bond motifs is 1. The van der Waals surface area contributed by atoms with Crippen LogP contribution >= 0.6 is 0 Å². The minimum Gasteiger partial charge on any atom is -0.466 e. The van der Waals surface area contributed by atoms with Gasteiger partial charge in [0.25, 0.3) is 0 Å². The van der Waals surface area contributed by atoms with Crippen LogP contribution in [0.15, 0.2) is 24.3 Å². The number of benzene rings is 1. The first-order valence-corrected chi connectivity index (χ1v) is 9.77. The monoisotopic (exact) mass is 370 g/mol. The van der Waals surface area contributed by atoms with E-state index in [2.05, 4.69) is 32.1 Å². The molecular formula is C20H26N4O3. The Morgan fingerprint density at radius 3 is 2.15 bits per heavy atom. The second-order valence-electron chi connectivity index (χ2n) is 7.01. The Hall–Kier alpha value is -2.41. The summed E-state index contributed by atoms with van der Waals surface area (Å²) in [7, 11) is 0. The molecule has 3 heterocycles. The minimum absolute atomic E-state index is 0.00644. The highest BCUT2D eigenvalue weighted by atomic mass is 16.5. The number of ether oxygens (including phenoxy) is 2. The second-order valence-corrected chi connectivity index (χ2v) is 7.01. The maximum absolute atomic E-state index is 12.0. The Morgan fingerprint density at radius 2 is 1.59 bits per heavy atom. The highest BCUT2D eigenvalue weighted by Gasteiger charge is 2.28. The van der Waals surface area contributed by atoms with Crippen LogP contribution in [-0.4, -0.2) is 62.2 Å². The van der Waals surface area contributed by atoms with Crippen molar-refractivity contribution < 1.29 is 14.3 Å². The normalized spacial score (nSPS) is 18.7. The SMILES string of the molecule is CCOC(=O)C1CCN(c2nnc(N3CCOCC3)c3ccccc23)CC1. The van der Waals surface area contributed by atoms with Crippen LogP contribution in [0.1, 0.15) is 19.8 Å². The molecule has 0 unspecified atom stereocenters. The lowest BCUT2D eigenvalue weighted by molar-refractivity contribution is -0.148. The van der Waals surface area contributed by atoms with Gasteiger partial charge in [-0.05, 0) is 19.8 Å². The third kappa shape index (κ3) is 3.69. The van der Waals surface area contributed by atoms with Gasteiger partial charge in [0.2, 0.25) is 0 Å². The highest BCUT2D eigenvalue weighted by molar-refractivity contribution is 5.99. The molecule has 0 bridgehead atoms. The quantitative estimate of drug-likeness (QED) is 0.765. The van der Waals surface area contributed by atoms with Crippen molar-refractivity contribution in [2.24, 2.45) is 5.92 Å². The number of hydrogen-bond donors (Lipinski definition) is 0. The van der Waals surface area contributed by atoms with Crippen LogP contribution in [0.3, 0.4) is 0 Å². The van der Waals surface area contributed by atoms with E-state index in [1.165, 1.54) is 0 Å². The van der Waals surface area contributed by atoms with Crippen molar-refractivity contribution in [1.82, 2.24) is 10.2 Å². The average Bonchev–Trinajstić information content (AvgIpc) is 2.74. The molecule has 4 rings (SSSR count). The fraction of sp³-hybridized carbons (Fsp3) is 0.550. The molecule has 2 saturated heterocycles. The summed E-state index contributed by atoms with van der Waals surface area (Å²) in [6.07, 6.45) is 1.58. The van der Waals surface area contributed by atoms with E-state index in [1.807, 2.05) is 19.1 Å². The largest absolute Gasteiger partial charge is 0.466 e. The van der Waals surface area contributed by atoms with Crippen molar-refractivity contribution in [3.63, 3.8) is 0 Å². The molecule has 0 atom stereocenters. The number of piperidine rings is 1. The number of rotatable bonds is 4. The Morgan fingerprint density at radius 1 is 1.04 bits per heavy atom. The van der Waals surface area contributed by atoms with Crippen LogP contribution in [0.5, 0.6) is 0 Å². The molecule has 7 heteroatoms. The van der Waals surface area contributed by atoms with E-state index in [1.54, 1.807) is 0 Å². The third-order valence-corrected chi connectivity index (χ3v) is 5.37. The number of morpholine rings is 1. The van der Waals surface area contributed by atoms with E-state index >= 15 is 0 Å². The van der Waals surface area contributed by atoms with Gasteiger partial charge in [-0.25, -0.2) is 0 Å². The zero-order valence-corrected chi connectivity index (χ0v) is 15.8. The molecule has 0 saturated carbocycles. The number of anilines is 2. The Labute approximate surface area is 159 Å². The summed E-state index contributed by atoms with van der Waals surface area (Å²) in [5.41, 5.74) is 0. The van der Waals surface area contributed by atoms with Crippen molar-refractivity contribution >= 4 is 28.4 Å². The van der Waals surface area contributed by atoms with Gasteiger partial charge in [-0.15, -0.1) is 10.2 Å². The number of carbonyl (C=O) groups is 1. The fourth-order valence-electron chi connectivity index (χ4n) is 3.90. The van der Waals surface area contributed by atoms with E-state index in [4.69, 9.17) is 9.47 Å². The van der Waals surface area contributed by atoms with E-state index in [0.29, 0.717) is 6.61 Å². The van der Waals surface area contributed by atoms with Crippen LogP contribution in [0.25, 0.3) is 10.8 Å². The molecule has 2 fully saturated rings. The van der Waals surface area contributed by atoms with Crippen molar-refractivity contribution in [2.75, 3.05) is 55.8 Å². The molecule has 0 spiro atoms. The third-order valence-electron chi connectivity index (χ3n) is 5.37. The molecule has 27 heavy (non-hydrogen) atoms. The molecule has 144 valence electrons. The summed E-state index contributed by atoms with van der Waals surface area (Å²) < 4.78 is 10.6. The minimum atomic E-state index is -0.0734. The fourth-order valence-corrected chi connectivity index (χ4v) is 3.90. The molecule has 1 aromatic heterocycles. The van der Waals surface area contributed by atoms with Crippen LogP contribution in [0, 0.1) is 5.92 Å². The molecule has 0 amide bonds. The summed E-state index contributed by atoms with van der Waals surface area (Å²) in [6.45, 7) is 6.99. The van der Waals surface area contributed by atoms with Gasteiger partial charge in [-0.1, -0.05) is 24.3 Å². The number of aromatic nitrogens is 2. The lowest BCUT2D eigenvalue weighted by Crippen LogP contribution is -2.38. The molecule has 7 nitrogen and oxygen atoms in total. The molecule has 2 aliphatic heterocycles. The molecule has 0 N–H and O–H groups in total. The lowest BCUT2D eigenvalue weighted by atomic mass is 9.96. The number of esters is 1. The van der Waals surface area contributed by atoms with Gasteiger partial charge in [0.05, 0.1) is 25.7 Å². The van der Waals surface area contributed by atoms with E-state index in [9.17, 15) is 4.79 Å². The first-order chi connectivity index (χ1) is 13.3. The Kier molecular flexibility index (Phi) is 5.38. The first-order valence-electron chi connectivity index (χ1n) is 9.77. The van der Waals surface area contributed by atoms with Crippen LogP contribution < -0.4 is 9.80 Å². The van der Waals surface area contributed by atoms with E-state index in [-0.39, 0.29) is 11.9 Å². The summed E-state index contributed by atoms with van der Waals surface area (Å²) >= 11 is 0. The number of nitrogens with zero attached hydrogens (tertiary/aromatic N) is 4. The van der Waals surface area contributed by atoms with E-state index in [0.717, 1.165) is 74.6 Å². The lowest BCUT2D eigenvalue weighted by Gasteiger charge is -2.33. The number of carbonyl (C=O) groups excluding carboxylic acids is 1. The molecule has 2 aliphatic rings. The van der Waals surface area contributed by atoms with Crippen molar-refractivity contribution in [3.8, 4) is 0 Å². The van der Waals surface area contributed by atoms with Crippen LogP contribution in [0.4, 0.5) is 11.6 Å². The highest BCUT2D eigenvalue weighted by Crippen LogP contribution is 2.32. The average molecular weight is 370 g/mol. The zero-order valence-electron chi connectivity index (χ0n) is 15.8. The molecule has 2 aromatic rings. The molecule has 1 aromatic carbocycles. The summed E-state index contributed by atoms with van der Waals surface area (Å²) in [4.78, 5) is 16.5. The summed E-state index contributed by atoms with van der Waals surface area (Å²) in [5.74, 6) is 1.76. The van der Waals surface area contributed by atoms with Gasteiger partial charge in [0.15, 0.2) is 11.6 Å². The summed E-state index contributed by atoms with van der Waals surface area (Å²) in [6, 6.07) is 8.32. The summed E-state index contributed by atoms with van der Waals surface area (Å²) in [5, 5.41) is 11.4. The van der Waals surface area contributed by atoms with Crippen molar-refractivity contribution in [3.05, 3.63) is 24.3 Å². The second kappa shape index (κ2) is 8.08. The maximum atomic E-state index is 12.0. The van der Waals surface area contributed by atoms with Gasteiger partial charge in [-0.3, -0.25) is 4.79 Å². The van der Waals surface area contributed by atoms with Gasteiger partial charge in [0, 0.05) is 37.0 Å². The van der Waals surface area contributed by atoms with Crippen molar-refractivity contribution in [1.29, 1.82) is 0 Å². The molecule has 0 aliphatic carbocycles. The predicted octanol–water partition coefficient (Wildman–Crippen LogP) is 2.25. The molecular weight excluding hydrogens is 344 g/mol. The van der Waals surface area contributed by atoms with Crippen molar-refractivity contribution in [2.45, 2.75) is 19.8 Å². The number of hydrogen-bond acceptors (Lipinski definition) is 7.